The molecule has 0 aliphatic carbocycles. The molecule has 0 heterocycles. The summed E-state index contributed by atoms with van der Waals surface area (Å²) >= 11 is 1.73. The van der Waals surface area contributed by atoms with Crippen LogP contribution in [0.3, 0.4) is 0 Å². The van der Waals surface area contributed by atoms with E-state index >= 15 is 0 Å². The molecule has 0 aromatic heterocycles. The standard InChI is InChI=1S/C19H39NO2S/c1-4-6-7-8-9-10-11-12-13-14-16-20(5-2)18(19(21)22)15-17-23-3/h18H,4-17H2,1-3H3,(H,21,22). The highest BCUT2D eigenvalue weighted by molar-refractivity contribution is 7.98. The van der Waals surface area contributed by atoms with Crippen LogP contribution in [-0.2, 0) is 4.79 Å². The second kappa shape index (κ2) is 16.6. The van der Waals surface area contributed by atoms with Gasteiger partial charge in [0.2, 0.25) is 0 Å². The normalized spacial score (nSPS) is 12.7. The first-order chi connectivity index (χ1) is 11.2. The third-order valence-corrected chi connectivity index (χ3v) is 5.17. The fraction of sp³-hybridized carbons (Fsp3) is 0.947. The Labute approximate surface area is 148 Å². The number of rotatable bonds is 17. The smallest absolute Gasteiger partial charge is 0.320 e. The summed E-state index contributed by atoms with van der Waals surface area (Å²) in [6.07, 6.45) is 16.1. The highest BCUT2D eigenvalue weighted by Gasteiger charge is 2.23. The maximum absolute atomic E-state index is 11.4. The first-order valence-corrected chi connectivity index (χ1v) is 11.0. The van der Waals surface area contributed by atoms with E-state index in [-0.39, 0.29) is 6.04 Å². The van der Waals surface area contributed by atoms with Gasteiger partial charge in [0.25, 0.3) is 0 Å². The van der Waals surface area contributed by atoms with Crippen LogP contribution in [0.5, 0.6) is 0 Å². The van der Waals surface area contributed by atoms with Gasteiger partial charge in [-0.25, -0.2) is 0 Å². The van der Waals surface area contributed by atoms with Crippen LogP contribution in [0.1, 0.15) is 84.5 Å². The lowest BCUT2D eigenvalue weighted by Gasteiger charge is -2.27. The summed E-state index contributed by atoms with van der Waals surface area (Å²) in [6.45, 7) is 6.10. The van der Waals surface area contributed by atoms with Crippen LogP contribution in [0.4, 0.5) is 0 Å². The number of carbonyl (C=O) groups is 1. The minimum absolute atomic E-state index is 0.300. The van der Waals surface area contributed by atoms with Crippen molar-refractivity contribution in [3.05, 3.63) is 0 Å². The Morgan fingerprint density at radius 2 is 1.48 bits per heavy atom. The first-order valence-electron chi connectivity index (χ1n) is 9.63. The highest BCUT2D eigenvalue weighted by Crippen LogP contribution is 2.13. The summed E-state index contributed by atoms with van der Waals surface area (Å²) in [5.41, 5.74) is 0. The van der Waals surface area contributed by atoms with E-state index in [2.05, 4.69) is 18.7 Å². The van der Waals surface area contributed by atoms with Gasteiger partial charge in [-0.2, -0.15) is 11.8 Å². The van der Waals surface area contributed by atoms with Gasteiger partial charge in [0, 0.05) is 0 Å². The largest absolute Gasteiger partial charge is 0.480 e. The molecular weight excluding hydrogens is 306 g/mol. The predicted octanol–water partition coefficient (Wildman–Crippen LogP) is 5.44. The predicted molar refractivity (Wildman–Crippen MR) is 104 cm³/mol. The number of unbranched alkanes of at least 4 members (excludes halogenated alkanes) is 9. The Morgan fingerprint density at radius 1 is 0.957 bits per heavy atom. The van der Waals surface area contributed by atoms with Crippen LogP contribution < -0.4 is 0 Å². The molecule has 0 aliphatic heterocycles. The van der Waals surface area contributed by atoms with Gasteiger partial charge >= 0.3 is 5.97 Å². The molecule has 0 rings (SSSR count). The van der Waals surface area contributed by atoms with Gasteiger partial charge in [-0.1, -0.05) is 71.6 Å². The van der Waals surface area contributed by atoms with E-state index in [1.807, 2.05) is 6.26 Å². The Kier molecular flexibility index (Phi) is 16.5. The quantitative estimate of drug-likeness (QED) is 0.357. The number of likely N-dealkylation sites (N-methyl/N-ethyl adjacent to an activating group) is 1. The van der Waals surface area contributed by atoms with E-state index in [1.54, 1.807) is 11.8 Å². The molecule has 1 N–H and O–H groups in total. The van der Waals surface area contributed by atoms with Crippen molar-refractivity contribution >= 4 is 17.7 Å². The summed E-state index contributed by atoms with van der Waals surface area (Å²) in [5, 5.41) is 9.41. The molecule has 0 spiro atoms. The first kappa shape index (κ1) is 22.8. The zero-order chi connectivity index (χ0) is 17.3. The van der Waals surface area contributed by atoms with E-state index in [0.29, 0.717) is 0 Å². The lowest BCUT2D eigenvalue weighted by atomic mass is 10.1. The molecule has 0 radical (unpaired) electrons. The van der Waals surface area contributed by atoms with E-state index < -0.39 is 5.97 Å². The molecule has 0 saturated carbocycles. The van der Waals surface area contributed by atoms with E-state index in [4.69, 9.17) is 0 Å². The third kappa shape index (κ3) is 12.8. The minimum Gasteiger partial charge on any atom is -0.480 e. The Morgan fingerprint density at radius 3 is 1.91 bits per heavy atom. The Hall–Kier alpha value is -0.220. The second-order valence-corrected chi connectivity index (χ2v) is 7.43. The molecule has 3 nitrogen and oxygen atoms in total. The summed E-state index contributed by atoms with van der Waals surface area (Å²) in [6, 6.07) is -0.300. The molecule has 0 aromatic carbocycles. The number of carboxylic acid groups (broad SMARTS) is 1. The number of hydrogen-bond donors (Lipinski definition) is 1. The summed E-state index contributed by atoms with van der Waals surface area (Å²) in [7, 11) is 0. The summed E-state index contributed by atoms with van der Waals surface area (Å²) in [4.78, 5) is 13.6. The van der Waals surface area contributed by atoms with Gasteiger partial charge in [-0.05, 0) is 37.9 Å². The molecule has 0 bridgehead atoms. The average Bonchev–Trinajstić information content (AvgIpc) is 2.54. The highest BCUT2D eigenvalue weighted by atomic mass is 32.2. The van der Waals surface area contributed by atoms with Crippen molar-refractivity contribution in [3.63, 3.8) is 0 Å². The number of nitrogens with zero attached hydrogens (tertiary/aromatic N) is 1. The Balaban J connectivity index is 3.71. The SMILES string of the molecule is CCCCCCCCCCCCN(CC)C(CCSC)C(=O)O. The van der Waals surface area contributed by atoms with Crippen molar-refractivity contribution in [2.24, 2.45) is 0 Å². The topological polar surface area (TPSA) is 40.5 Å². The molecule has 138 valence electrons. The maximum atomic E-state index is 11.4. The fourth-order valence-corrected chi connectivity index (χ4v) is 3.49. The van der Waals surface area contributed by atoms with E-state index in [0.717, 1.165) is 31.7 Å². The van der Waals surface area contributed by atoms with Crippen molar-refractivity contribution < 1.29 is 9.90 Å². The van der Waals surface area contributed by atoms with E-state index in [9.17, 15) is 9.90 Å². The zero-order valence-corrected chi connectivity index (χ0v) is 16.5. The molecule has 1 unspecified atom stereocenters. The lowest BCUT2D eigenvalue weighted by molar-refractivity contribution is -0.143. The third-order valence-electron chi connectivity index (χ3n) is 4.53. The van der Waals surface area contributed by atoms with Gasteiger partial charge in [-0.15, -0.1) is 0 Å². The summed E-state index contributed by atoms with van der Waals surface area (Å²) < 4.78 is 0. The molecule has 0 fully saturated rings. The summed E-state index contributed by atoms with van der Waals surface area (Å²) in [5.74, 6) is 0.263. The minimum atomic E-state index is -0.659. The second-order valence-electron chi connectivity index (χ2n) is 6.45. The van der Waals surface area contributed by atoms with Gasteiger partial charge in [0.1, 0.15) is 6.04 Å². The monoisotopic (exact) mass is 345 g/mol. The Bertz CT molecular complexity index is 274. The van der Waals surface area contributed by atoms with Crippen LogP contribution in [0.15, 0.2) is 0 Å². The van der Waals surface area contributed by atoms with Crippen molar-refractivity contribution in [1.29, 1.82) is 0 Å². The van der Waals surface area contributed by atoms with Crippen LogP contribution in [0.25, 0.3) is 0 Å². The van der Waals surface area contributed by atoms with Crippen molar-refractivity contribution in [1.82, 2.24) is 4.90 Å². The molecule has 4 heteroatoms. The molecular formula is C19H39NO2S. The van der Waals surface area contributed by atoms with Crippen molar-refractivity contribution in [3.8, 4) is 0 Å². The van der Waals surface area contributed by atoms with Crippen LogP contribution >= 0.6 is 11.8 Å². The number of aliphatic carboxylic acids is 1. The molecule has 23 heavy (non-hydrogen) atoms. The molecule has 0 saturated heterocycles. The zero-order valence-electron chi connectivity index (χ0n) is 15.7. The van der Waals surface area contributed by atoms with Gasteiger partial charge < -0.3 is 5.11 Å². The van der Waals surface area contributed by atoms with E-state index in [1.165, 1.54) is 57.8 Å². The molecule has 1 atom stereocenters. The van der Waals surface area contributed by atoms with Crippen LogP contribution in [-0.4, -0.2) is 47.1 Å². The number of thioether (sulfide) groups is 1. The molecule has 0 aromatic rings. The molecule has 0 amide bonds. The van der Waals surface area contributed by atoms with Crippen LogP contribution in [0, 0.1) is 0 Å². The number of hydrogen-bond acceptors (Lipinski definition) is 3. The van der Waals surface area contributed by atoms with Gasteiger partial charge in [-0.3, -0.25) is 9.69 Å². The van der Waals surface area contributed by atoms with Crippen molar-refractivity contribution in [2.45, 2.75) is 90.5 Å². The molecule has 0 aliphatic rings. The van der Waals surface area contributed by atoms with Gasteiger partial charge in [0.15, 0.2) is 0 Å². The average molecular weight is 346 g/mol. The van der Waals surface area contributed by atoms with Gasteiger partial charge in [0.05, 0.1) is 0 Å². The lowest BCUT2D eigenvalue weighted by Crippen LogP contribution is -2.42. The maximum Gasteiger partial charge on any atom is 0.320 e. The number of carboxylic acids is 1. The van der Waals surface area contributed by atoms with Crippen molar-refractivity contribution in [2.75, 3.05) is 25.1 Å². The van der Waals surface area contributed by atoms with Crippen LogP contribution in [0.2, 0.25) is 0 Å². The fourth-order valence-electron chi connectivity index (χ4n) is 3.03.